The second kappa shape index (κ2) is 6.95. The van der Waals surface area contributed by atoms with Gasteiger partial charge in [-0.15, -0.1) is 0 Å². The van der Waals surface area contributed by atoms with Crippen molar-refractivity contribution in [1.29, 1.82) is 5.26 Å². The van der Waals surface area contributed by atoms with E-state index in [-0.39, 0.29) is 12.5 Å². The van der Waals surface area contributed by atoms with E-state index in [1.165, 1.54) is 14.2 Å². The molecule has 0 fully saturated rings. The number of halogens is 1. The zero-order valence-corrected chi connectivity index (χ0v) is 15.2. The number of nitrogens with one attached hydrogen (secondary N) is 1. The van der Waals surface area contributed by atoms with Gasteiger partial charge in [0.2, 0.25) is 5.91 Å². The van der Waals surface area contributed by atoms with Crippen LogP contribution in [-0.2, 0) is 4.79 Å². The predicted octanol–water partition coefficient (Wildman–Crippen LogP) is 3.13. The summed E-state index contributed by atoms with van der Waals surface area (Å²) in [5.74, 6) is 0.791. The Morgan fingerprint density at radius 2 is 2.08 bits per heavy atom. The number of hydrogen-bond donors (Lipinski definition) is 1. The maximum Gasteiger partial charge on any atom is 0.246 e. The molecule has 6 nitrogen and oxygen atoms in total. The second-order valence-electron chi connectivity index (χ2n) is 5.25. The number of carbonyl (C=O) groups is 1. The zero-order valence-electron chi connectivity index (χ0n) is 13.6. The molecule has 0 spiro atoms. The average molecular weight is 400 g/mol. The van der Waals surface area contributed by atoms with E-state index in [0.717, 1.165) is 5.56 Å². The zero-order chi connectivity index (χ0) is 18.0. The van der Waals surface area contributed by atoms with Gasteiger partial charge in [0.25, 0.3) is 0 Å². The third kappa shape index (κ3) is 3.08. The molecule has 25 heavy (non-hydrogen) atoms. The molecule has 3 rings (SSSR count). The van der Waals surface area contributed by atoms with Crippen LogP contribution in [0.5, 0.6) is 11.5 Å². The summed E-state index contributed by atoms with van der Waals surface area (Å²) in [6.45, 7) is -0.0239. The highest BCUT2D eigenvalue weighted by atomic mass is 79.9. The van der Waals surface area contributed by atoms with Gasteiger partial charge >= 0.3 is 0 Å². The number of hydrogen-bond acceptors (Lipinski definition) is 5. The van der Waals surface area contributed by atoms with Crippen molar-refractivity contribution in [1.82, 2.24) is 0 Å². The van der Waals surface area contributed by atoms with Gasteiger partial charge in [-0.25, -0.2) is 0 Å². The number of aliphatic imine (C=N–C) groups is 1. The molecule has 0 aromatic heterocycles. The Morgan fingerprint density at radius 1 is 1.28 bits per heavy atom. The molecule has 0 saturated heterocycles. The number of fused-ring (bicyclic) bond motifs is 1. The summed E-state index contributed by atoms with van der Waals surface area (Å²) in [5.41, 5.74) is 2.99. The predicted molar refractivity (Wildman–Crippen MR) is 97.5 cm³/mol. The van der Waals surface area contributed by atoms with Gasteiger partial charge in [0.1, 0.15) is 22.5 Å². The van der Waals surface area contributed by atoms with Crippen molar-refractivity contribution >= 4 is 33.2 Å². The first-order valence-corrected chi connectivity index (χ1v) is 8.18. The number of rotatable bonds is 3. The summed E-state index contributed by atoms with van der Waals surface area (Å²) < 4.78 is 11.5. The van der Waals surface area contributed by atoms with Crippen LogP contribution in [0.15, 0.2) is 39.8 Å². The number of methoxy groups -OCH3 is 2. The molecule has 1 aliphatic rings. The Morgan fingerprint density at radius 3 is 2.76 bits per heavy atom. The maximum atomic E-state index is 12.1. The standard InChI is InChI=1S/C18H14BrN3O3/c1-24-13-7-12-15(18(25-2)16(13)19)17(21-9-14(23)22-12)11-5-3-4-10(6-11)8-20/h3-7H,9H2,1-2H3,(H,22,23). The maximum absolute atomic E-state index is 12.1. The van der Waals surface area contributed by atoms with Crippen LogP contribution >= 0.6 is 15.9 Å². The fraction of sp³-hybridized carbons (Fsp3) is 0.167. The van der Waals surface area contributed by atoms with Crippen LogP contribution < -0.4 is 14.8 Å². The number of anilines is 1. The molecule has 1 aliphatic heterocycles. The molecule has 1 N–H and O–H groups in total. The highest BCUT2D eigenvalue weighted by molar-refractivity contribution is 9.10. The van der Waals surface area contributed by atoms with Crippen LogP contribution in [0.2, 0.25) is 0 Å². The number of carbonyl (C=O) groups excluding carboxylic acids is 1. The molecule has 0 radical (unpaired) electrons. The number of nitrogens with zero attached hydrogens (tertiary/aromatic N) is 2. The van der Waals surface area contributed by atoms with Gasteiger partial charge < -0.3 is 14.8 Å². The monoisotopic (exact) mass is 399 g/mol. The fourth-order valence-electron chi connectivity index (χ4n) is 2.68. The Kier molecular flexibility index (Phi) is 4.72. The molecule has 1 heterocycles. The van der Waals surface area contributed by atoms with E-state index in [2.05, 4.69) is 32.3 Å². The highest BCUT2D eigenvalue weighted by Crippen LogP contribution is 2.43. The molecular weight excluding hydrogens is 386 g/mol. The summed E-state index contributed by atoms with van der Waals surface area (Å²) >= 11 is 3.48. The van der Waals surface area contributed by atoms with Crippen molar-refractivity contribution < 1.29 is 14.3 Å². The van der Waals surface area contributed by atoms with E-state index in [1.54, 1.807) is 24.3 Å². The van der Waals surface area contributed by atoms with E-state index in [0.29, 0.717) is 38.5 Å². The molecule has 0 aliphatic carbocycles. The van der Waals surface area contributed by atoms with E-state index in [9.17, 15) is 4.79 Å². The van der Waals surface area contributed by atoms with Crippen molar-refractivity contribution in [2.45, 2.75) is 0 Å². The van der Waals surface area contributed by atoms with Crippen LogP contribution in [-0.4, -0.2) is 32.4 Å². The highest BCUT2D eigenvalue weighted by Gasteiger charge is 2.26. The van der Waals surface area contributed by atoms with Gasteiger partial charge in [0.05, 0.1) is 42.8 Å². The van der Waals surface area contributed by atoms with Gasteiger partial charge in [-0.2, -0.15) is 5.26 Å². The number of nitriles is 1. The first kappa shape index (κ1) is 17.0. The lowest BCUT2D eigenvalue weighted by atomic mass is 9.98. The van der Waals surface area contributed by atoms with Crippen LogP contribution in [0.1, 0.15) is 16.7 Å². The van der Waals surface area contributed by atoms with Crippen molar-refractivity contribution in [3.8, 4) is 17.6 Å². The van der Waals surface area contributed by atoms with Crippen LogP contribution in [0.25, 0.3) is 0 Å². The molecule has 2 aromatic carbocycles. The molecule has 0 unspecified atom stereocenters. The molecule has 1 amide bonds. The first-order valence-electron chi connectivity index (χ1n) is 7.38. The quantitative estimate of drug-likeness (QED) is 0.858. The number of amides is 1. The fourth-order valence-corrected chi connectivity index (χ4v) is 3.31. The summed E-state index contributed by atoms with van der Waals surface area (Å²) in [7, 11) is 3.08. The van der Waals surface area contributed by atoms with Crippen molar-refractivity contribution in [2.24, 2.45) is 4.99 Å². The minimum Gasteiger partial charge on any atom is -0.495 e. The normalized spacial score (nSPS) is 13.0. The molecule has 0 atom stereocenters. The van der Waals surface area contributed by atoms with Gasteiger partial charge in [0.15, 0.2) is 0 Å². The average Bonchev–Trinajstić information content (AvgIpc) is 2.79. The molecule has 126 valence electrons. The smallest absolute Gasteiger partial charge is 0.246 e. The summed E-state index contributed by atoms with van der Waals surface area (Å²) in [6, 6.07) is 10.9. The third-order valence-corrected chi connectivity index (χ3v) is 4.52. The van der Waals surface area contributed by atoms with Crippen molar-refractivity contribution in [3.05, 3.63) is 51.5 Å². The lowest BCUT2D eigenvalue weighted by Crippen LogP contribution is -2.14. The van der Waals surface area contributed by atoms with Gasteiger partial charge in [0, 0.05) is 11.6 Å². The van der Waals surface area contributed by atoms with Gasteiger partial charge in [-0.3, -0.25) is 9.79 Å². The first-order chi connectivity index (χ1) is 12.1. The minimum absolute atomic E-state index is 0.0239. The number of benzodiazepines with no additional fused rings is 1. The van der Waals surface area contributed by atoms with E-state index in [1.807, 2.05) is 6.07 Å². The van der Waals surface area contributed by atoms with E-state index in [4.69, 9.17) is 14.7 Å². The molecule has 2 aromatic rings. The molecule has 0 saturated carbocycles. The lowest BCUT2D eigenvalue weighted by molar-refractivity contribution is -0.114. The lowest BCUT2D eigenvalue weighted by Gasteiger charge is -2.18. The topological polar surface area (TPSA) is 83.7 Å². The summed E-state index contributed by atoms with van der Waals surface area (Å²) in [5, 5.41) is 12.0. The Bertz CT molecular complexity index is 932. The van der Waals surface area contributed by atoms with Crippen molar-refractivity contribution in [2.75, 3.05) is 26.1 Å². The SMILES string of the molecule is COc1cc2c(c(OC)c1Br)C(c1cccc(C#N)c1)=NCC(=O)N2. The summed E-state index contributed by atoms with van der Waals surface area (Å²) in [6.07, 6.45) is 0. The largest absolute Gasteiger partial charge is 0.495 e. The van der Waals surface area contributed by atoms with Crippen LogP contribution in [0.4, 0.5) is 5.69 Å². The van der Waals surface area contributed by atoms with Crippen molar-refractivity contribution in [3.63, 3.8) is 0 Å². The van der Waals surface area contributed by atoms with E-state index >= 15 is 0 Å². The van der Waals surface area contributed by atoms with Crippen LogP contribution in [0.3, 0.4) is 0 Å². The Balaban J connectivity index is 2.31. The van der Waals surface area contributed by atoms with Gasteiger partial charge in [-0.05, 0) is 28.1 Å². The van der Waals surface area contributed by atoms with E-state index < -0.39 is 0 Å². The molecule has 7 heteroatoms. The molecular formula is C18H14BrN3O3. The third-order valence-electron chi connectivity index (χ3n) is 3.77. The molecule has 0 bridgehead atoms. The Labute approximate surface area is 153 Å². The number of ether oxygens (including phenoxy) is 2. The summed E-state index contributed by atoms with van der Waals surface area (Å²) in [4.78, 5) is 16.5. The Hall–Kier alpha value is -2.85. The van der Waals surface area contributed by atoms with Gasteiger partial charge in [-0.1, -0.05) is 12.1 Å². The minimum atomic E-state index is -0.237. The van der Waals surface area contributed by atoms with Crippen LogP contribution in [0, 0.1) is 11.3 Å². The number of benzene rings is 2. The second-order valence-corrected chi connectivity index (χ2v) is 6.05.